The SMILES string of the molecule is CCCCO.O=S(=O)([O-])[O-].[K+].[K+]. The topological polar surface area (TPSA) is 100 Å². The Morgan fingerprint density at radius 2 is 1.50 bits per heavy atom. The molecule has 0 unspecified atom stereocenters. The molecule has 0 fully saturated rings. The molecule has 0 heterocycles. The molecule has 0 saturated carbocycles. The average molecular weight is 248 g/mol. The molecule has 0 aliphatic carbocycles. The van der Waals surface area contributed by atoms with E-state index in [4.69, 9.17) is 22.6 Å². The molecule has 0 bridgehead atoms. The number of aliphatic hydroxyl groups excluding tert-OH is 1. The third kappa shape index (κ3) is 73.7. The van der Waals surface area contributed by atoms with E-state index in [1.54, 1.807) is 0 Å². The molecule has 0 aromatic heterocycles. The first-order valence-corrected chi connectivity index (χ1v) is 4.02. The number of rotatable bonds is 2. The monoisotopic (exact) mass is 248 g/mol. The van der Waals surface area contributed by atoms with Gasteiger partial charge in [-0.1, -0.05) is 13.3 Å². The summed E-state index contributed by atoms with van der Waals surface area (Å²) < 4.78 is 34.1. The van der Waals surface area contributed by atoms with Gasteiger partial charge in [-0.15, -0.1) is 0 Å². The van der Waals surface area contributed by atoms with Gasteiger partial charge in [-0.3, -0.25) is 8.42 Å². The minimum absolute atomic E-state index is 0. The van der Waals surface area contributed by atoms with Gasteiger partial charge in [-0.25, -0.2) is 0 Å². The molecule has 1 N–H and O–H groups in total. The van der Waals surface area contributed by atoms with Crippen molar-refractivity contribution in [2.75, 3.05) is 6.61 Å². The first-order chi connectivity index (χ1) is 4.41. The first-order valence-electron chi connectivity index (χ1n) is 2.69. The third-order valence-corrected chi connectivity index (χ3v) is 0.512. The predicted molar refractivity (Wildman–Crippen MR) is 32.5 cm³/mol. The molecule has 5 nitrogen and oxygen atoms in total. The van der Waals surface area contributed by atoms with Crippen LogP contribution in [0.1, 0.15) is 19.8 Å². The van der Waals surface area contributed by atoms with E-state index in [2.05, 4.69) is 6.92 Å². The summed E-state index contributed by atoms with van der Waals surface area (Å²) in [6.07, 6.45) is 2.04. The summed E-state index contributed by atoms with van der Waals surface area (Å²) in [7, 11) is -5.17. The van der Waals surface area contributed by atoms with Gasteiger partial charge in [0.15, 0.2) is 0 Å². The molecular formula is C4H10K2O5S. The Morgan fingerprint density at radius 3 is 1.50 bits per heavy atom. The molecular weight excluding hydrogens is 238 g/mol. The Kier molecular flexibility index (Phi) is 33.6. The van der Waals surface area contributed by atoms with Crippen molar-refractivity contribution in [2.45, 2.75) is 19.8 Å². The molecule has 0 aliphatic rings. The van der Waals surface area contributed by atoms with Crippen LogP contribution in [0.5, 0.6) is 0 Å². The molecule has 0 radical (unpaired) electrons. The molecule has 12 heavy (non-hydrogen) atoms. The molecule has 64 valence electrons. The van der Waals surface area contributed by atoms with Gasteiger partial charge in [-0.05, 0) is 6.42 Å². The second-order valence-corrected chi connectivity index (χ2v) is 2.30. The summed E-state index contributed by atoms with van der Waals surface area (Å²) in [5.74, 6) is 0. The van der Waals surface area contributed by atoms with Gasteiger partial charge in [0.05, 0.1) is 0 Å². The van der Waals surface area contributed by atoms with E-state index in [-0.39, 0.29) is 103 Å². The molecule has 0 spiro atoms. The summed E-state index contributed by atoms with van der Waals surface area (Å²) >= 11 is 0. The second-order valence-electron chi connectivity index (χ2n) is 1.49. The van der Waals surface area contributed by atoms with Crippen LogP contribution in [0.2, 0.25) is 0 Å². The van der Waals surface area contributed by atoms with Crippen LogP contribution in [0.3, 0.4) is 0 Å². The molecule has 0 saturated heterocycles. The van der Waals surface area contributed by atoms with Crippen LogP contribution in [0.25, 0.3) is 0 Å². The van der Waals surface area contributed by atoms with Gasteiger partial charge in [0.25, 0.3) is 0 Å². The van der Waals surface area contributed by atoms with Crippen molar-refractivity contribution in [2.24, 2.45) is 0 Å². The van der Waals surface area contributed by atoms with Crippen LogP contribution in [-0.4, -0.2) is 29.2 Å². The summed E-state index contributed by atoms with van der Waals surface area (Å²) in [5, 5.41) is 8.07. The van der Waals surface area contributed by atoms with E-state index < -0.39 is 10.4 Å². The fraction of sp³-hybridized carbons (Fsp3) is 1.00. The molecule has 0 rings (SSSR count). The second kappa shape index (κ2) is 16.5. The van der Waals surface area contributed by atoms with Crippen LogP contribution in [0.15, 0.2) is 0 Å². The van der Waals surface area contributed by atoms with E-state index in [9.17, 15) is 0 Å². The van der Waals surface area contributed by atoms with Crippen molar-refractivity contribution in [3.63, 3.8) is 0 Å². The summed E-state index contributed by atoms with van der Waals surface area (Å²) in [6.45, 7) is 2.40. The Balaban J connectivity index is -0.0000000457. The average Bonchev–Trinajstić information content (AvgIpc) is 1.63. The van der Waals surface area contributed by atoms with Crippen molar-refractivity contribution < 1.29 is 125 Å². The number of aliphatic hydroxyl groups is 1. The third-order valence-electron chi connectivity index (χ3n) is 0.512. The van der Waals surface area contributed by atoms with Crippen molar-refractivity contribution in [3.05, 3.63) is 0 Å². The first kappa shape index (κ1) is 24.4. The van der Waals surface area contributed by atoms with Crippen LogP contribution in [-0.2, 0) is 10.4 Å². The van der Waals surface area contributed by atoms with Gasteiger partial charge < -0.3 is 14.2 Å². The Morgan fingerprint density at radius 1 is 1.25 bits per heavy atom. The molecule has 0 aromatic carbocycles. The van der Waals surface area contributed by atoms with Crippen LogP contribution in [0.4, 0.5) is 0 Å². The van der Waals surface area contributed by atoms with E-state index >= 15 is 0 Å². The number of hydrogen-bond donors (Lipinski definition) is 1. The number of unbranched alkanes of at least 4 members (excludes halogenated alkanes) is 1. The standard InChI is InChI=1S/C4H10O.2K.H2O4S/c1-2-3-4-5;;;1-5(2,3)4/h5H,2-4H2,1H3;;;(H2,1,2,3,4)/q;2*+1;/p-2. The minimum atomic E-state index is -5.17. The maximum absolute atomic E-state index is 8.52. The zero-order chi connectivity index (χ0) is 8.62. The molecule has 0 aliphatic heterocycles. The maximum Gasteiger partial charge on any atom is 1.00 e. The maximum atomic E-state index is 8.52. The summed E-state index contributed by atoms with van der Waals surface area (Å²) in [5.41, 5.74) is 0. The smallest absolute Gasteiger partial charge is 0.759 e. The Labute approximate surface area is 158 Å². The van der Waals surface area contributed by atoms with Gasteiger partial charge >= 0.3 is 103 Å². The molecule has 0 amide bonds. The fourth-order valence-electron chi connectivity index (χ4n) is 0.158. The Hall–Kier alpha value is 3.10. The summed E-state index contributed by atoms with van der Waals surface area (Å²) in [4.78, 5) is 0. The number of hydrogen-bond acceptors (Lipinski definition) is 5. The Bertz CT molecular complexity index is 136. The fourth-order valence-corrected chi connectivity index (χ4v) is 0.158. The molecule has 0 atom stereocenters. The van der Waals surface area contributed by atoms with E-state index in [1.165, 1.54) is 0 Å². The quantitative estimate of drug-likeness (QED) is 0.297. The van der Waals surface area contributed by atoms with Crippen LogP contribution < -0.4 is 103 Å². The van der Waals surface area contributed by atoms with Crippen LogP contribution >= 0.6 is 0 Å². The zero-order valence-corrected chi connectivity index (χ0v) is 14.7. The van der Waals surface area contributed by atoms with Gasteiger partial charge in [-0.2, -0.15) is 0 Å². The molecule has 8 heteroatoms. The largest absolute Gasteiger partial charge is 1.00 e. The van der Waals surface area contributed by atoms with Crippen molar-refractivity contribution in [1.82, 2.24) is 0 Å². The van der Waals surface area contributed by atoms with E-state index in [1.807, 2.05) is 0 Å². The zero-order valence-electron chi connectivity index (χ0n) is 7.61. The predicted octanol–water partition coefficient (Wildman–Crippen LogP) is -6.55. The van der Waals surface area contributed by atoms with E-state index in [0.717, 1.165) is 12.8 Å². The minimum Gasteiger partial charge on any atom is -0.759 e. The van der Waals surface area contributed by atoms with Gasteiger partial charge in [0.2, 0.25) is 0 Å². The van der Waals surface area contributed by atoms with E-state index in [0.29, 0.717) is 6.61 Å². The van der Waals surface area contributed by atoms with Crippen LogP contribution in [0, 0.1) is 0 Å². The van der Waals surface area contributed by atoms with Gasteiger partial charge in [0.1, 0.15) is 0 Å². The summed E-state index contributed by atoms with van der Waals surface area (Å²) in [6, 6.07) is 0. The van der Waals surface area contributed by atoms with Crippen molar-refractivity contribution in [3.8, 4) is 0 Å². The van der Waals surface area contributed by atoms with Crippen molar-refractivity contribution >= 4 is 10.4 Å². The normalized spacial score (nSPS) is 8.33. The van der Waals surface area contributed by atoms with Gasteiger partial charge in [0, 0.05) is 17.0 Å². The van der Waals surface area contributed by atoms with Crippen molar-refractivity contribution in [1.29, 1.82) is 0 Å². The molecule has 0 aromatic rings.